The first kappa shape index (κ1) is 23.2. The van der Waals surface area contributed by atoms with Gasteiger partial charge in [0.05, 0.1) is 12.3 Å². The fraction of sp³-hybridized carbons (Fsp3) is 0.429. The number of aromatic nitrogens is 2. The average Bonchev–Trinajstić information content (AvgIpc) is 3.23. The van der Waals surface area contributed by atoms with Gasteiger partial charge >= 0.3 is 5.97 Å². The Balaban J connectivity index is 0.000000214. The van der Waals surface area contributed by atoms with Gasteiger partial charge < -0.3 is 25.7 Å². The number of carboxylic acid groups (broad SMARTS) is 1. The minimum Gasteiger partial charge on any atom is -0.476 e. The SMILES string of the molecule is COCCc1cc(-c2ccccc2)n[nH]1.NN/C(C(=O)O)=C(\N)OC1CCCCC1. The summed E-state index contributed by atoms with van der Waals surface area (Å²) in [6, 6.07) is 12.2. The number of hydrogen-bond donors (Lipinski definition) is 5. The van der Waals surface area contributed by atoms with Crippen molar-refractivity contribution in [2.75, 3.05) is 13.7 Å². The van der Waals surface area contributed by atoms with Gasteiger partial charge in [0.2, 0.25) is 5.88 Å². The molecule has 0 bridgehead atoms. The zero-order valence-electron chi connectivity index (χ0n) is 17.3. The number of hydrazine groups is 1. The summed E-state index contributed by atoms with van der Waals surface area (Å²) in [7, 11) is 1.70. The number of nitrogens with zero attached hydrogens (tertiary/aromatic N) is 1. The summed E-state index contributed by atoms with van der Waals surface area (Å²) in [4.78, 5) is 10.7. The van der Waals surface area contributed by atoms with Crippen LogP contribution in [0, 0.1) is 0 Å². The van der Waals surface area contributed by atoms with Crippen LogP contribution in [0.25, 0.3) is 11.3 Å². The molecule has 3 rings (SSSR count). The van der Waals surface area contributed by atoms with Gasteiger partial charge in [-0.3, -0.25) is 10.9 Å². The van der Waals surface area contributed by atoms with E-state index in [1.54, 1.807) is 7.11 Å². The standard InChI is InChI=1S/C12H14N2O.C9H17N3O3/c1-15-8-7-11-9-12(14-13-11)10-5-3-2-4-6-10;10-8(7(12-11)9(13)14)15-6-4-2-1-3-5-6/h2-6,9H,7-8H2,1H3,(H,13,14);6,12H,1-5,10-11H2,(H,13,14)/b;8-7+. The molecular formula is C21H31N5O4. The fourth-order valence-electron chi connectivity index (χ4n) is 3.12. The molecule has 1 fully saturated rings. The number of hydrogen-bond acceptors (Lipinski definition) is 7. The largest absolute Gasteiger partial charge is 0.476 e. The predicted molar refractivity (Wildman–Crippen MR) is 114 cm³/mol. The first-order valence-electron chi connectivity index (χ1n) is 10.00. The maximum Gasteiger partial charge on any atom is 0.358 e. The summed E-state index contributed by atoms with van der Waals surface area (Å²) in [5.41, 5.74) is 10.5. The molecule has 0 atom stereocenters. The van der Waals surface area contributed by atoms with Gasteiger partial charge in [0, 0.05) is 24.8 Å². The molecule has 1 aliphatic rings. The van der Waals surface area contributed by atoms with Gasteiger partial charge in [-0.25, -0.2) is 4.79 Å². The van der Waals surface area contributed by atoms with Gasteiger partial charge in [-0.05, 0) is 31.7 Å². The molecule has 0 saturated heterocycles. The Morgan fingerprint density at radius 1 is 1.27 bits per heavy atom. The van der Waals surface area contributed by atoms with Crippen LogP contribution >= 0.6 is 0 Å². The Bertz CT molecular complexity index is 801. The number of carboxylic acids is 1. The van der Waals surface area contributed by atoms with E-state index >= 15 is 0 Å². The van der Waals surface area contributed by atoms with Crippen LogP contribution in [0.4, 0.5) is 0 Å². The molecule has 0 amide bonds. The van der Waals surface area contributed by atoms with E-state index in [4.69, 9.17) is 26.2 Å². The van der Waals surface area contributed by atoms with Crippen molar-refractivity contribution in [3.05, 3.63) is 53.7 Å². The highest BCUT2D eigenvalue weighted by atomic mass is 16.5. The summed E-state index contributed by atoms with van der Waals surface area (Å²) in [6.45, 7) is 0.719. The Morgan fingerprint density at radius 2 is 1.97 bits per heavy atom. The number of carbonyl (C=O) groups is 1. The first-order chi connectivity index (χ1) is 14.5. The number of ether oxygens (including phenoxy) is 2. The van der Waals surface area contributed by atoms with Gasteiger partial charge in [0.25, 0.3) is 0 Å². The van der Waals surface area contributed by atoms with Crippen LogP contribution in [-0.4, -0.2) is 41.1 Å². The van der Waals surface area contributed by atoms with Crippen molar-refractivity contribution in [2.45, 2.75) is 44.6 Å². The number of aliphatic carboxylic acids is 1. The summed E-state index contributed by atoms with van der Waals surface area (Å²) in [5.74, 6) is 3.67. The third kappa shape index (κ3) is 7.41. The van der Waals surface area contributed by atoms with Crippen molar-refractivity contribution in [1.29, 1.82) is 0 Å². The second-order valence-corrected chi connectivity index (χ2v) is 6.95. The number of benzene rings is 1. The number of rotatable bonds is 8. The third-order valence-electron chi connectivity index (χ3n) is 4.73. The summed E-state index contributed by atoms with van der Waals surface area (Å²) in [6.07, 6.45) is 6.10. The van der Waals surface area contributed by atoms with Crippen LogP contribution in [-0.2, 0) is 20.7 Å². The highest BCUT2D eigenvalue weighted by Crippen LogP contribution is 2.21. The maximum atomic E-state index is 10.7. The third-order valence-corrected chi connectivity index (χ3v) is 4.73. The molecule has 30 heavy (non-hydrogen) atoms. The molecule has 1 aliphatic carbocycles. The molecule has 0 radical (unpaired) electrons. The molecule has 2 aromatic rings. The van der Waals surface area contributed by atoms with Crippen LogP contribution < -0.4 is 17.0 Å². The highest BCUT2D eigenvalue weighted by molar-refractivity contribution is 5.86. The summed E-state index contributed by atoms with van der Waals surface area (Å²) >= 11 is 0. The summed E-state index contributed by atoms with van der Waals surface area (Å²) in [5, 5.41) is 16.0. The lowest BCUT2D eigenvalue weighted by Gasteiger charge is -2.23. The number of nitrogens with two attached hydrogens (primary N) is 2. The van der Waals surface area contributed by atoms with E-state index in [9.17, 15) is 4.79 Å². The van der Waals surface area contributed by atoms with Crippen molar-refractivity contribution >= 4 is 5.97 Å². The van der Waals surface area contributed by atoms with Gasteiger partial charge in [-0.2, -0.15) is 5.10 Å². The van der Waals surface area contributed by atoms with E-state index in [0.29, 0.717) is 0 Å². The molecule has 0 aliphatic heterocycles. The van der Waals surface area contributed by atoms with E-state index < -0.39 is 5.97 Å². The van der Waals surface area contributed by atoms with E-state index in [0.717, 1.165) is 55.7 Å². The lowest BCUT2D eigenvalue weighted by Crippen LogP contribution is -2.32. The minimum absolute atomic E-state index is 0.0152. The Kier molecular flexibility index (Phi) is 9.69. The number of nitrogens with one attached hydrogen (secondary N) is 2. The molecule has 1 heterocycles. The quantitative estimate of drug-likeness (QED) is 0.190. The van der Waals surface area contributed by atoms with Crippen LogP contribution in [0.15, 0.2) is 48.0 Å². The van der Waals surface area contributed by atoms with E-state index in [2.05, 4.69) is 28.4 Å². The lowest BCUT2D eigenvalue weighted by molar-refractivity contribution is -0.133. The Labute approximate surface area is 176 Å². The smallest absolute Gasteiger partial charge is 0.358 e. The van der Waals surface area contributed by atoms with Crippen LogP contribution in [0.3, 0.4) is 0 Å². The Hall–Kier alpha value is -3.04. The molecule has 0 spiro atoms. The van der Waals surface area contributed by atoms with Crippen molar-refractivity contribution in [3.8, 4) is 11.3 Å². The first-order valence-corrected chi connectivity index (χ1v) is 10.00. The molecular weight excluding hydrogens is 386 g/mol. The molecule has 1 aromatic carbocycles. The Morgan fingerprint density at radius 3 is 2.57 bits per heavy atom. The number of aromatic amines is 1. The zero-order chi connectivity index (χ0) is 21.8. The monoisotopic (exact) mass is 417 g/mol. The highest BCUT2D eigenvalue weighted by Gasteiger charge is 2.19. The van der Waals surface area contributed by atoms with E-state index in [-0.39, 0.29) is 17.7 Å². The molecule has 1 saturated carbocycles. The summed E-state index contributed by atoms with van der Waals surface area (Å²) < 4.78 is 10.4. The van der Waals surface area contributed by atoms with Gasteiger partial charge in [0.15, 0.2) is 5.70 Å². The van der Waals surface area contributed by atoms with E-state index in [1.165, 1.54) is 6.42 Å². The van der Waals surface area contributed by atoms with Crippen LogP contribution in [0.1, 0.15) is 37.8 Å². The normalized spacial score (nSPS) is 14.9. The fourth-order valence-corrected chi connectivity index (χ4v) is 3.12. The molecule has 9 heteroatoms. The van der Waals surface area contributed by atoms with Crippen molar-refractivity contribution in [3.63, 3.8) is 0 Å². The number of H-pyrrole nitrogens is 1. The zero-order valence-corrected chi connectivity index (χ0v) is 17.3. The van der Waals surface area contributed by atoms with Gasteiger partial charge in [0.1, 0.15) is 6.10 Å². The average molecular weight is 418 g/mol. The molecule has 164 valence electrons. The second kappa shape index (κ2) is 12.5. The van der Waals surface area contributed by atoms with Crippen molar-refractivity contribution < 1.29 is 19.4 Å². The maximum absolute atomic E-state index is 10.7. The molecule has 1 aromatic heterocycles. The predicted octanol–water partition coefficient (Wildman–Crippen LogP) is 2.28. The molecule has 9 nitrogen and oxygen atoms in total. The second-order valence-electron chi connectivity index (χ2n) is 6.95. The lowest BCUT2D eigenvalue weighted by atomic mass is 9.98. The van der Waals surface area contributed by atoms with E-state index in [1.807, 2.05) is 23.6 Å². The topological polar surface area (TPSA) is 149 Å². The van der Waals surface area contributed by atoms with Crippen molar-refractivity contribution in [1.82, 2.24) is 15.6 Å². The van der Waals surface area contributed by atoms with Crippen molar-refractivity contribution in [2.24, 2.45) is 11.6 Å². The minimum atomic E-state index is -1.22. The van der Waals surface area contributed by atoms with Crippen LogP contribution in [0.5, 0.6) is 0 Å². The molecule has 7 N–H and O–H groups in total. The van der Waals surface area contributed by atoms with Crippen LogP contribution in [0.2, 0.25) is 0 Å². The molecule has 0 unspecified atom stereocenters. The van der Waals surface area contributed by atoms with Gasteiger partial charge in [-0.1, -0.05) is 36.8 Å². The number of methoxy groups -OCH3 is 1. The van der Waals surface area contributed by atoms with Gasteiger partial charge in [-0.15, -0.1) is 0 Å².